The molecule has 0 heterocycles. The molecule has 6 nitrogen and oxygen atoms in total. The van der Waals surface area contributed by atoms with Gasteiger partial charge in [0.2, 0.25) is 0 Å². The fourth-order valence-corrected chi connectivity index (χ4v) is 4.20. The minimum absolute atomic E-state index is 0.0213. The summed E-state index contributed by atoms with van der Waals surface area (Å²) in [5.41, 5.74) is -1.44. The third-order valence-corrected chi connectivity index (χ3v) is 6.56. The van der Waals surface area contributed by atoms with Crippen LogP contribution in [-0.4, -0.2) is 37.7 Å². The van der Waals surface area contributed by atoms with E-state index < -0.39 is 17.4 Å². The van der Waals surface area contributed by atoms with E-state index in [-0.39, 0.29) is 30.8 Å². The molecule has 0 spiro atoms. The topological polar surface area (TPSA) is 86.7 Å². The average Bonchev–Trinajstić information content (AvgIpc) is 2.86. The van der Waals surface area contributed by atoms with Crippen LogP contribution in [0.1, 0.15) is 111 Å². The highest BCUT2D eigenvalue weighted by atomic mass is 16.5. The number of hydrogen-bond donors (Lipinski definition) is 0. The molecule has 0 bridgehead atoms. The third kappa shape index (κ3) is 12.6. The maximum Gasteiger partial charge on any atom is 0.338 e. The second kappa shape index (κ2) is 18.1. The Bertz CT molecular complexity index is 739. The van der Waals surface area contributed by atoms with Crippen molar-refractivity contribution in [1.29, 1.82) is 0 Å². The van der Waals surface area contributed by atoms with E-state index in [1.165, 1.54) is 44.3 Å². The van der Waals surface area contributed by atoms with Gasteiger partial charge in [-0.2, -0.15) is 0 Å². The number of ether oxygens (including phenoxy) is 2. The molecule has 0 N–H and O–H groups in total. The lowest BCUT2D eigenvalue weighted by atomic mass is 9.79. The van der Waals surface area contributed by atoms with Gasteiger partial charge in [0.15, 0.2) is 0 Å². The summed E-state index contributed by atoms with van der Waals surface area (Å²) in [7, 11) is 0. The Morgan fingerprint density at radius 1 is 0.722 bits per heavy atom. The smallest absolute Gasteiger partial charge is 0.338 e. The Morgan fingerprint density at radius 2 is 1.14 bits per heavy atom. The standard InChI is InChI=1S/C30H48O6/c1-24(2)15-11-7-5-9-13-19-35-28(33)26-17-18-30(22-31,23-32)21-27(26)29(34)36-20-14-10-6-8-12-16-25(3)4/h17,21-25H,5-16,18-20H2,1-4H3. The Morgan fingerprint density at radius 3 is 1.58 bits per heavy atom. The van der Waals surface area contributed by atoms with E-state index >= 15 is 0 Å². The monoisotopic (exact) mass is 504 g/mol. The van der Waals surface area contributed by atoms with Crippen LogP contribution < -0.4 is 0 Å². The van der Waals surface area contributed by atoms with Crippen LogP contribution in [0.15, 0.2) is 23.3 Å². The number of esters is 2. The lowest BCUT2D eigenvalue weighted by Gasteiger charge is -2.23. The minimum Gasteiger partial charge on any atom is -0.462 e. The van der Waals surface area contributed by atoms with Gasteiger partial charge in [-0.25, -0.2) is 9.59 Å². The number of aldehydes is 2. The molecule has 0 unspecified atom stereocenters. The van der Waals surface area contributed by atoms with Crippen molar-refractivity contribution in [3.63, 3.8) is 0 Å². The van der Waals surface area contributed by atoms with Gasteiger partial charge in [-0.15, -0.1) is 0 Å². The Hall–Kier alpha value is -2.24. The molecule has 0 amide bonds. The van der Waals surface area contributed by atoms with Gasteiger partial charge in [0.1, 0.15) is 18.0 Å². The van der Waals surface area contributed by atoms with Gasteiger partial charge in [-0.3, -0.25) is 0 Å². The zero-order valence-electron chi connectivity index (χ0n) is 23.0. The first-order valence-corrected chi connectivity index (χ1v) is 13.9. The van der Waals surface area contributed by atoms with Gasteiger partial charge < -0.3 is 19.1 Å². The highest BCUT2D eigenvalue weighted by molar-refractivity contribution is 6.09. The molecule has 0 aromatic carbocycles. The molecule has 1 rings (SSSR count). The molecule has 1 aliphatic rings. The predicted octanol–water partition coefficient (Wildman–Crippen LogP) is 6.71. The van der Waals surface area contributed by atoms with Crippen molar-refractivity contribution in [3.8, 4) is 0 Å². The molecule has 0 aliphatic heterocycles. The molecule has 0 saturated heterocycles. The molecule has 204 valence electrons. The first kappa shape index (κ1) is 31.8. The highest BCUT2D eigenvalue weighted by Crippen LogP contribution is 2.32. The maximum atomic E-state index is 12.8. The lowest BCUT2D eigenvalue weighted by molar-refractivity contribution is -0.143. The van der Waals surface area contributed by atoms with E-state index in [4.69, 9.17) is 9.47 Å². The van der Waals surface area contributed by atoms with Gasteiger partial charge in [0.25, 0.3) is 0 Å². The molecule has 36 heavy (non-hydrogen) atoms. The SMILES string of the molecule is CC(C)CCCCCCCOC(=O)C1=CCC(C=O)(C=O)C=C1C(=O)OCCCCCCCC(C)C. The zero-order valence-corrected chi connectivity index (χ0v) is 23.0. The molecular weight excluding hydrogens is 456 g/mol. The largest absolute Gasteiger partial charge is 0.462 e. The van der Waals surface area contributed by atoms with Crippen LogP contribution in [0.25, 0.3) is 0 Å². The molecule has 0 saturated carbocycles. The maximum absolute atomic E-state index is 12.8. The van der Waals surface area contributed by atoms with E-state index in [0.29, 0.717) is 18.5 Å². The molecule has 0 aromatic rings. The van der Waals surface area contributed by atoms with Crippen molar-refractivity contribution in [3.05, 3.63) is 23.3 Å². The summed E-state index contributed by atoms with van der Waals surface area (Å²) in [6.07, 6.45) is 16.6. The lowest BCUT2D eigenvalue weighted by Crippen LogP contribution is -2.29. The van der Waals surface area contributed by atoms with Crippen molar-refractivity contribution in [2.45, 2.75) is 111 Å². The molecule has 0 fully saturated rings. The number of rotatable bonds is 20. The second-order valence-corrected chi connectivity index (χ2v) is 10.9. The Labute approximate surface area is 218 Å². The molecule has 1 aliphatic carbocycles. The van der Waals surface area contributed by atoms with Gasteiger partial charge in [0.05, 0.1) is 24.4 Å². The highest BCUT2D eigenvalue weighted by Gasteiger charge is 2.36. The minimum atomic E-state index is -1.45. The summed E-state index contributed by atoms with van der Waals surface area (Å²) in [6.45, 7) is 9.39. The van der Waals surface area contributed by atoms with E-state index in [1.807, 2.05) is 0 Å². The van der Waals surface area contributed by atoms with Crippen LogP contribution >= 0.6 is 0 Å². The van der Waals surface area contributed by atoms with Gasteiger partial charge in [0, 0.05) is 0 Å². The first-order valence-electron chi connectivity index (χ1n) is 13.9. The number of carbonyl (C=O) groups is 4. The average molecular weight is 505 g/mol. The van der Waals surface area contributed by atoms with Crippen molar-refractivity contribution < 1.29 is 28.7 Å². The molecule has 0 aromatic heterocycles. The second-order valence-electron chi connectivity index (χ2n) is 10.9. The van der Waals surface area contributed by atoms with Crippen molar-refractivity contribution in [1.82, 2.24) is 0 Å². The fourth-order valence-electron chi connectivity index (χ4n) is 4.20. The van der Waals surface area contributed by atoms with Crippen molar-refractivity contribution in [2.75, 3.05) is 13.2 Å². The summed E-state index contributed by atoms with van der Waals surface area (Å²) < 4.78 is 10.8. The van der Waals surface area contributed by atoms with Crippen molar-refractivity contribution >= 4 is 24.5 Å². The van der Waals surface area contributed by atoms with Crippen LogP contribution in [0.4, 0.5) is 0 Å². The van der Waals surface area contributed by atoms with Crippen molar-refractivity contribution in [2.24, 2.45) is 17.3 Å². The summed E-state index contributed by atoms with van der Waals surface area (Å²) in [4.78, 5) is 48.7. The summed E-state index contributed by atoms with van der Waals surface area (Å²) in [6, 6.07) is 0. The molecular formula is C30H48O6. The van der Waals surface area contributed by atoms with Crippen LogP contribution in [0, 0.1) is 17.3 Å². The van der Waals surface area contributed by atoms with E-state index in [9.17, 15) is 19.2 Å². The van der Waals surface area contributed by atoms with Crippen LogP contribution in [0.3, 0.4) is 0 Å². The van der Waals surface area contributed by atoms with Gasteiger partial charge in [-0.1, -0.05) is 98.0 Å². The Kier molecular flexibility index (Phi) is 16.0. The van der Waals surface area contributed by atoms with E-state index in [2.05, 4.69) is 27.7 Å². The first-order chi connectivity index (χ1) is 17.2. The fraction of sp³-hybridized carbons (Fsp3) is 0.733. The predicted molar refractivity (Wildman–Crippen MR) is 142 cm³/mol. The number of unbranched alkanes of at least 4 members (excludes halogenated alkanes) is 8. The van der Waals surface area contributed by atoms with Crippen LogP contribution in [-0.2, 0) is 28.7 Å². The zero-order chi connectivity index (χ0) is 26.8. The van der Waals surface area contributed by atoms with E-state index in [1.54, 1.807) is 0 Å². The number of carbonyl (C=O) groups excluding carboxylic acids is 4. The van der Waals surface area contributed by atoms with Gasteiger partial charge >= 0.3 is 11.9 Å². The van der Waals surface area contributed by atoms with Crippen LogP contribution in [0.5, 0.6) is 0 Å². The van der Waals surface area contributed by atoms with E-state index in [0.717, 1.165) is 50.9 Å². The third-order valence-electron chi connectivity index (χ3n) is 6.56. The summed E-state index contributed by atoms with van der Waals surface area (Å²) in [5.74, 6) is 0.123. The van der Waals surface area contributed by atoms with Crippen LogP contribution in [0.2, 0.25) is 0 Å². The van der Waals surface area contributed by atoms with Gasteiger partial charge in [-0.05, 0) is 37.2 Å². The summed E-state index contributed by atoms with van der Waals surface area (Å²) >= 11 is 0. The molecule has 0 radical (unpaired) electrons. The quantitative estimate of drug-likeness (QED) is 0.0793. The molecule has 6 heteroatoms. The number of allylic oxidation sites excluding steroid dienone is 2. The summed E-state index contributed by atoms with van der Waals surface area (Å²) in [5, 5.41) is 0. The number of hydrogen-bond acceptors (Lipinski definition) is 6. The molecule has 0 atom stereocenters. The normalized spacial score (nSPS) is 14.8. The Balaban J connectivity index is 2.53.